The highest BCUT2D eigenvalue weighted by atomic mass is 32.2. The first-order valence-corrected chi connectivity index (χ1v) is 6.78. The van der Waals surface area contributed by atoms with Gasteiger partial charge in [-0.1, -0.05) is 30.0 Å². The number of nitrogens with zero attached hydrogens (tertiary/aromatic N) is 4. The number of nitrogen functional groups attached to an aromatic ring is 1. The molecule has 2 heterocycles. The van der Waals surface area contributed by atoms with E-state index in [0.717, 1.165) is 21.1 Å². The van der Waals surface area contributed by atoms with Crippen molar-refractivity contribution in [1.82, 2.24) is 15.0 Å². The molecule has 1 aromatic carbocycles. The maximum Gasteiger partial charge on any atom is 0.220 e. The van der Waals surface area contributed by atoms with E-state index in [-0.39, 0.29) is 5.95 Å². The third-order valence-corrected chi connectivity index (χ3v) is 3.42. The van der Waals surface area contributed by atoms with Crippen molar-refractivity contribution in [2.45, 2.75) is 9.92 Å². The van der Waals surface area contributed by atoms with E-state index in [4.69, 9.17) is 5.73 Å². The molecule has 0 bridgehead atoms. The van der Waals surface area contributed by atoms with Crippen molar-refractivity contribution in [3.05, 3.63) is 60.0 Å². The minimum absolute atomic E-state index is 0.253. The third kappa shape index (κ3) is 3.30. The van der Waals surface area contributed by atoms with Gasteiger partial charge in [-0.3, -0.25) is 0 Å². The zero-order valence-corrected chi connectivity index (χ0v) is 11.3. The average molecular weight is 281 g/mol. The fourth-order valence-electron chi connectivity index (χ4n) is 1.49. The van der Waals surface area contributed by atoms with Crippen molar-refractivity contribution in [2.75, 3.05) is 5.73 Å². The van der Waals surface area contributed by atoms with E-state index in [0.29, 0.717) is 0 Å². The van der Waals surface area contributed by atoms with Crippen molar-refractivity contribution in [1.29, 1.82) is 0 Å². The van der Waals surface area contributed by atoms with Crippen LogP contribution in [0.25, 0.3) is 6.08 Å². The van der Waals surface area contributed by atoms with Gasteiger partial charge in [-0.15, -0.1) is 0 Å². The van der Waals surface area contributed by atoms with Crippen molar-refractivity contribution in [3.63, 3.8) is 0 Å². The van der Waals surface area contributed by atoms with Crippen molar-refractivity contribution in [2.24, 2.45) is 4.99 Å². The van der Waals surface area contributed by atoms with Crippen LogP contribution in [0, 0.1) is 0 Å². The zero-order chi connectivity index (χ0) is 13.8. The van der Waals surface area contributed by atoms with E-state index in [1.807, 2.05) is 30.3 Å². The summed E-state index contributed by atoms with van der Waals surface area (Å²) in [5, 5.41) is 0.947. The van der Waals surface area contributed by atoms with Crippen LogP contribution in [0.3, 0.4) is 0 Å². The van der Waals surface area contributed by atoms with Crippen molar-refractivity contribution in [3.8, 4) is 0 Å². The molecule has 6 heteroatoms. The van der Waals surface area contributed by atoms with Gasteiger partial charge < -0.3 is 5.73 Å². The Balaban J connectivity index is 1.64. The van der Waals surface area contributed by atoms with Crippen LogP contribution >= 0.6 is 11.8 Å². The Morgan fingerprint density at radius 3 is 2.75 bits per heavy atom. The molecule has 2 aromatic heterocycles. The molecule has 0 atom stereocenters. The second-order valence-electron chi connectivity index (χ2n) is 3.94. The lowest BCUT2D eigenvalue weighted by Crippen LogP contribution is -1.94. The molecule has 3 aromatic rings. The molecule has 0 saturated carbocycles. The van der Waals surface area contributed by atoms with Gasteiger partial charge in [0.25, 0.3) is 0 Å². The van der Waals surface area contributed by atoms with E-state index < -0.39 is 0 Å². The molecular formula is C14H11N5S. The summed E-state index contributed by atoms with van der Waals surface area (Å²) >= 11 is 1.61. The molecule has 0 radical (unpaired) electrons. The van der Waals surface area contributed by atoms with Gasteiger partial charge >= 0.3 is 0 Å². The van der Waals surface area contributed by atoms with Gasteiger partial charge in [0.1, 0.15) is 5.03 Å². The highest BCUT2D eigenvalue weighted by Crippen LogP contribution is 2.24. The first-order chi connectivity index (χ1) is 9.81. The van der Waals surface area contributed by atoms with E-state index in [1.165, 1.54) is 0 Å². The fourth-order valence-corrected chi connectivity index (χ4v) is 2.28. The smallest absolute Gasteiger partial charge is 0.220 e. The van der Waals surface area contributed by atoms with Gasteiger partial charge in [0.2, 0.25) is 5.95 Å². The predicted octanol–water partition coefficient (Wildman–Crippen LogP) is 2.05. The van der Waals surface area contributed by atoms with Crippen LogP contribution in [0.1, 0.15) is 5.69 Å². The number of hydrogen-bond acceptors (Lipinski definition) is 6. The average Bonchev–Trinajstić information content (AvgIpc) is 3.18. The van der Waals surface area contributed by atoms with Gasteiger partial charge in [0.15, 0.2) is 5.49 Å². The Hall–Kier alpha value is -2.47. The molecule has 98 valence electrons. The molecule has 0 saturated heterocycles. The number of rotatable bonds is 4. The Morgan fingerprint density at radius 2 is 1.95 bits per heavy atom. The van der Waals surface area contributed by atoms with Gasteiger partial charge in [0, 0.05) is 17.3 Å². The first kappa shape index (κ1) is 12.6. The second kappa shape index (κ2) is 5.66. The number of anilines is 1. The van der Waals surface area contributed by atoms with Crippen molar-refractivity contribution >= 4 is 23.8 Å². The summed E-state index contributed by atoms with van der Waals surface area (Å²) in [6.45, 7) is 0. The lowest BCUT2D eigenvalue weighted by Gasteiger charge is -1.91. The molecule has 2 N–H and O–H groups in total. The lowest BCUT2D eigenvalue weighted by molar-refractivity contribution is 1.17. The molecule has 20 heavy (non-hydrogen) atoms. The summed E-state index contributed by atoms with van der Waals surface area (Å²) in [6.07, 6.45) is 5.04. The largest absolute Gasteiger partial charge is 0.368 e. The summed E-state index contributed by atoms with van der Waals surface area (Å²) < 4.78 is 0. The van der Waals surface area contributed by atoms with E-state index >= 15 is 0 Å². The van der Waals surface area contributed by atoms with E-state index in [1.54, 1.807) is 36.3 Å². The molecule has 5 nitrogen and oxygen atoms in total. The first-order valence-electron chi connectivity index (χ1n) is 5.96. The third-order valence-electron chi connectivity index (χ3n) is 2.44. The second-order valence-corrected chi connectivity index (χ2v) is 5.00. The Bertz CT molecular complexity index is 757. The van der Waals surface area contributed by atoms with Crippen LogP contribution in [0.2, 0.25) is 0 Å². The Kier molecular flexibility index (Phi) is 3.56. The molecule has 0 fully saturated rings. The zero-order valence-electron chi connectivity index (χ0n) is 10.5. The van der Waals surface area contributed by atoms with Gasteiger partial charge in [-0.05, 0) is 24.3 Å². The van der Waals surface area contributed by atoms with Crippen LogP contribution in [-0.4, -0.2) is 15.0 Å². The topological polar surface area (TPSA) is 77.0 Å². The van der Waals surface area contributed by atoms with E-state index in [2.05, 4.69) is 19.9 Å². The maximum absolute atomic E-state index is 5.49. The number of nitrogens with two attached hydrogens (primary N) is 1. The number of benzene rings is 1. The van der Waals surface area contributed by atoms with Crippen LogP contribution in [0.15, 0.2) is 63.7 Å². The maximum atomic E-state index is 5.49. The molecule has 0 aliphatic heterocycles. The molecule has 3 rings (SSSR count). The summed E-state index contributed by atoms with van der Waals surface area (Å²) in [5.41, 5.74) is 6.98. The summed E-state index contributed by atoms with van der Waals surface area (Å²) in [5.74, 6) is 0.253. The highest BCUT2D eigenvalue weighted by molar-refractivity contribution is 7.99. The summed E-state index contributed by atoms with van der Waals surface area (Å²) in [7, 11) is 0. The van der Waals surface area contributed by atoms with Gasteiger partial charge in [-0.2, -0.15) is 0 Å². The molecule has 0 aliphatic carbocycles. The number of hydrogen-bond donors (Lipinski definition) is 1. The Morgan fingerprint density at radius 1 is 1.10 bits per heavy atom. The summed E-state index contributed by atoms with van der Waals surface area (Å²) in [4.78, 5) is 17.5. The van der Waals surface area contributed by atoms with Gasteiger partial charge in [-0.25, -0.2) is 19.9 Å². The minimum atomic E-state index is 0.253. The molecule has 0 unspecified atom stereocenters. The van der Waals surface area contributed by atoms with E-state index in [9.17, 15) is 0 Å². The molecule has 0 aliphatic rings. The standard InChI is InChI=1S/C14H11N5S/c15-14-17-9-7-10(18-14)6-8-16-12-13(19-12)20-11-4-2-1-3-5-11/h1-9H,(H2,15,17,18)/b8-6-,16-12?. The monoisotopic (exact) mass is 281 g/mol. The molecular weight excluding hydrogens is 270 g/mol. The molecule has 0 amide bonds. The summed E-state index contributed by atoms with van der Waals surface area (Å²) in [6, 6.07) is 11.8. The van der Waals surface area contributed by atoms with Crippen LogP contribution in [-0.2, 0) is 0 Å². The predicted molar refractivity (Wildman–Crippen MR) is 78.2 cm³/mol. The fraction of sp³-hybridized carbons (Fsp3) is 0. The Labute approximate surface area is 120 Å². The quantitative estimate of drug-likeness (QED) is 0.792. The van der Waals surface area contributed by atoms with Crippen LogP contribution < -0.4 is 11.2 Å². The van der Waals surface area contributed by atoms with Crippen LogP contribution in [0.4, 0.5) is 5.95 Å². The SMILES string of the molecule is Nc1nccc(/C=C\N=c2nc2Sc2ccccc2)n1. The van der Waals surface area contributed by atoms with Crippen molar-refractivity contribution < 1.29 is 0 Å². The minimum Gasteiger partial charge on any atom is -0.368 e. The lowest BCUT2D eigenvalue weighted by atomic mass is 10.4. The highest BCUT2D eigenvalue weighted by Gasteiger charge is 2.09. The number of aromatic nitrogens is 3. The van der Waals surface area contributed by atoms with Gasteiger partial charge in [0.05, 0.1) is 5.69 Å². The van der Waals surface area contributed by atoms with Crippen LogP contribution in [0.5, 0.6) is 0 Å². The normalized spacial score (nSPS) is 12.5. The molecule has 0 spiro atoms.